The van der Waals surface area contributed by atoms with E-state index in [0.717, 1.165) is 16.7 Å². The molecule has 1 aromatic heterocycles. The third-order valence-corrected chi connectivity index (χ3v) is 4.14. The maximum atomic E-state index is 12.5. The van der Waals surface area contributed by atoms with E-state index in [-0.39, 0.29) is 6.54 Å². The highest BCUT2D eigenvalue weighted by Crippen LogP contribution is 2.36. The Balaban J connectivity index is 2.03. The molecule has 0 aliphatic carbocycles. The minimum absolute atomic E-state index is 0.227. The van der Waals surface area contributed by atoms with E-state index in [1.807, 2.05) is 6.07 Å². The Morgan fingerprint density at radius 1 is 1.23 bits per heavy atom. The number of benzene rings is 1. The molecule has 136 valence electrons. The summed E-state index contributed by atoms with van der Waals surface area (Å²) in [4.78, 5) is 33.6. The van der Waals surface area contributed by atoms with Crippen molar-refractivity contribution in [3.05, 3.63) is 48.0 Å². The molecule has 7 heteroatoms. The Morgan fingerprint density at radius 3 is 2.54 bits per heavy atom. The summed E-state index contributed by atoms with van der Waals surface area (Å²) >= 11 is 0. The van der Waals surface area contributed by atoms with Gasteiger partial charge in [0.05, 0.1) is 5.97 Å². The van der Waals surface area contributed by atoms with Crippen molar-refractivity contribution >= 4 is 12.1 Å². The van der Waals surface area contributed by atoms with Gasteiger partial charge in [0.25, 0.3) is 0 Å². The van der Waals surface area contributed by atoms with Gasteiger partial charge in [-0.15, -0.1) is 0 Å². The Hall–Kier alpha value is -2.96. The van der Waals surface area contributed by atoms with Crippen molar-refractivity contribution in [2.75, 3.05) is 6.54 Å². The number of carboxylic acids is 1. The number of amides is 1. The van der Waals surface area contributed by atoms with Gasteiger partial charge in [-0.2, -0.15) is 0 Å². The first-order valence-corrected chi connectivity index (χ1v) is 8.35. The molecule has 2 aromatic rings. The lowest BCUT2D eigenvalue weighted by Gasteiger charge is -2.39. The molecule has 26 heavy (non-hydrogen) atoms. The summed E-state index contributed by atoms with van der Waals surface area (Å²) in [5, 5.41) is 11.9. The number of fused-ring (bicyclic) bond motifs is 1. The molecule has 1 amide bonds. The van der Waals surface area contributed by atoms with Crippen LogP contribution in [0.3, 0.4) is 0 Å². The lowest BCUT2D eigenvalue weighted by atomic mass is 9.87. The SMILES string of the molecule is CC(C)(C)OC(=O)N1CCc2c(-c3cncnc3)cccc2C1C(=O)[O-]. The fraction of sp³-hybridized carbons (Fsp3) is 0.368. The summed E-state index contributed by atoms with van der Waals surface area (Å²) in [6.45, 7) is 5.45. The Bertz CT molecular complexity index is 830. The van der Waals surface area contributed by atoms with Gasteiger partial charge in [0.15, 0.2) is 0 Å². The minimum atomic E-state index is -1.33. The fourth-order valence-electron chi connectivity index (χ4n) is 3.15. The zero-order valence-electron chi connectivity index (χ0n) is 14.9. The van der Waals surface area contributed by atoms with Crippen molar-refractivity contribution in [1.82, 2.24) is 14.9 Å². The first-order chi connectivity index (χ1) is 12.3. The van der Waals surface area contributed by atoms with Crippen LogP contribution in [0.5, 0.6) is 0 Å². The van der Waals surface area contributed by atoms with Gasteiger partial charge in [0.1, 0.15) is 18.0 Å². The third kappa shape index (κ3) is 3.51. The second-order valence-electron chi connectivity index (χ2n) is 7.15. The minimum Gasteiger partial charge on any atom is -0.548 e. The van der Waals surface area contributed by atoms with E-state index in [2.05, 4.69) is 9.97 Å². The van der Waals surface area contributed by atoms with Crippen LogP contribution in [0.2, 0.25) is 0 Å². The molecule has 0 saturated heterocycles. The van der Waals surface area contributed by atoms with E-state index in [1.54, 1.807) is 45.3 Å². The molecule has 3 rings (SSSR count). The van der Waals surface area contributed by atoms with Gasteiger partial charge in [0, 0.05) is 24.5 Å². The fourth-order valence-corrected chi connectivity index (χ4v) is 3.15. The summed E-state index contributed by atoms with van der Waals surface area (Å²) in [5.74, 6) is -1.33. The van der Waals surface area contributed by atoms with E-state index in [1.165, 1.54) is 11.2 Å². The highest BCUT2D eigenvalue weighted by Gasteiger charge is 2.35. The molecular formula is C19H20N3O4-. The van der Waals surface area contributed by atoms with E-state index < -0.39 is 23.7 Å². The van der Waals surface area contributed by atoms with E-state index in [4.69, 9.17) is 4.74 Å². The Kier molecular flexibility index (Phi) is 4.63. The van der Waals surface area contributed by atoms with Crippen molar-refractivity contribution in [3.8, 4) is 11.1 Å². The van der Waals surface area contributed by atoms with Crippen LogP contribution >= 0.6 is 0 Å². The van der Waals surface area contributed by atoms with Crippen molar-refractivity contribution in [2.45, 2.75) is 38.8 Å². The number of carbonyl (C=O) groups excluding carboxylic acids is 2. The highest BCUT2D eigenvalue weighted by atomic mass is 16.6. The molecule has 1 aliphatic heterocycles. The summed E-state index contributed by atoms with van der Waals surface area (Å²) in [6.07, 6.45) is 4.63. The van der Waals surface area contributed by atoms with E-state index in [9.17, 15) is 14.7 Å². The molecule has 0 saturated carbocycles. The average Bonchev–Trinajstić information content (AvgIpc) is 2.59. The van der Waals surface area contributed by atoms with Crippen LogP contribution in [0.25, 0.3) is 11.1 Å². The number of nitrogens with zero attached hydrogens (tertiary/aromatic N) is 3. The average molecular weight is 354 g/mol. The number of hydrogen-bond acceptors (Lipinski definition) is 6. The lowest BCUT2D eigenvalue weighted by molar-refractivity contribution is -0.312. The number of carboxylic acid groups (broad SMARTS) is 1. The predicted octanol–water partition coefficient (Wildman–Crippen LogP) is 1.73. The maximum absolute atomic E-state index is 12.5. The van der Waals surface area contributed by atoms with Crippen LogP contribution in [-0.4, -0.2) is 39.1 Å². The van der Waals surface area contributed by atoms with Crippen LogP contribution in [-0.2, 0) is 16.0 Å². The molecule has 7 nitrogen and oxygen atoms in total. The van der Waals surface area contributed by atoms with Gasteiger partial charge in [0.2, 0.25) is 0 Å². The first kappa shape index (κ1) is 17.8. The molecule has 0 radical (unpaired) electrons. The van der Waals surface area contributed by atoms with Crippen LogP contribution < -0.4 is 5.11 Å². The monoisotopic (exact) mass is 354 g/mol. The van der Waals surface area contributed by atoms with Crippen LogP contribution in [0.15, 0.2) is 36.9 Å². The quantitative estimate of drug-likeness (QED) is 0.815. The zero-order chi connectivity index (χ0) is 18.9. The number of aliphatic carboxylic acids is 1. The molecule has 1 atom stereocenters. The van der Waals surface area contributed by atoms with Gasteiger partial charge in [-0.1, -0.05) is 18.2 Å². The van der Waals surface area contributed by atoms with Gasteiger partial charge in [-0.3, -0.25) is 4.90 Å². The molecule has 0 N–H and O–H groups in total. The van der Waals surface area contributed by atoms with Crippen molar-refractivity contribution < 1.29 is 19.4 Å². The van der Waals surface area contributed by atoms with Gasteiger partial charge >= 0.3 is 6.09 Å². The van der Waals surface area contributed by atoms with Crippen molar-refractivity contribution in [1.29, 1.82) is 0 Å². The largest absolute Gasteiger partial charge is 0.548 e. The second kappa shape index (κ2) is 6.74. The molecule has 1 unspecified atom stereocenters. The summed E-state index contributed by atoms with van der Waals surface area (Å²) in [5.41, 5.74) is 2.34. The second-order valence-corrected chi connectivity index (χ2v) is 7.15. The topological polar surface area (TPSA) is 95.5 Å². The summed E-state index contributed by atoms with van der Waals surface area (Å²) < 4.78 is 5.36. The summed E-state index contributed by atoms with van der Waals surface area (Å²) in [7, 11) is 0. The van der Waals surface area contributed by atoms with Crippen LogP contribution in [0, 0.1) is 0 Å². The Morgan fingerprint density at radius 2 is 1.92 bits per heavy atom. The molecule has 0 bridgehead atoms. The molecule has 2 heterocycles. The highest BCUT2D eigenvalue weighted by molar-refractivity contribution is 5.83. The molecule has 0 fully saturated rings. The maximum Gasteiger partial charge on any atom is 0.411 e. The van der Waals surface area contributed by atoms with Gasteiger partial charge in [-0.05, 0) is 43.9 Å². The van der Waals surface area contributed by atoms with Crippen LogP contribution in [0.4, 0.5) is 4.79 Å². The van der Waals surface area contributed by atoms with Crippen LogP contribution in [0.1, 0.15) is 37.9 Å². The smallest absolute Gasteiger partial charge is 0.411 e. The first-order valence-electron chi connectivity index (χ1n) is 8.35. The van der Waals surface area contributed by atoms with Crippen molar-refractivity contribution in [3.63, 3.8) is 0 Å². The zero-order valence-corrected chi connectivity index (χ0v) is 14.9. The Labute approximate surface area is 151 Å². The number of aromatic nitrogens is 2. The standard InChI is InChI=1S/C19H21N3O4/c1-19(2,3)26-18(25)22-8-7-14-13(12-9-20-11-21-10-12)5-4-6-15(14)16(22)17(23)24/h4-6,9-11,16H,7-8H2,1-3H3,(H,23,24)/p-1. The number of rotatable bonds is 2. The normalized spacial score (nSPS) is 16.7. The van der Waals surface area contributed by atoms with E-state index >= 15 is 0 Å². The summed E-state index contributed by atoms with van der Waals surface area (Å²) in [6, 6.07) is 4.17. The molecule has 1 aromatic carbocycles. The molecule has 1 aliphatic rings. The van der Waals surface area contributed by atoms with Gasteiger partial charge < -0.3 is 14.6 Å². The predicted molar refractivity (Wildman–Crippen MR) is 91.9 cm³/mol. The van der Waals surface area contributed by atoms with Gasteiger partial charge in [-0.25, -0.2) is 14.8 Å². The number of ether oxygens (including phenoxy) is 1. The van der Waals surface area contributed by atoms with E-state index in [0.29, 0.717) is 12.0 Å². The molecular weight excluding hydrogens is 334 g/mol. The number of hydrogen-bond donors (Lipinski definition) is 0. The number of carbonyl (C=O) groups is 2. The lowest BCUT2D eigenvalue weighted by Crippen LogP contribution is -2.49. The third-order valence-electron chi connectivity index (χ3n) is 4.14. The van der Waals surface area contributed by atoms with Crippen molar-refractivity contribution in [2.24, 2.45) is 0 Å². The molecule has 0 spiro atoms.